The molecule has 2 aromatic carbocycles. The molecule has 0 spiro atoms. The average molecular weight is 252 g/mol. The molecule has 1 atom stereocenters. The van der Waals surface area contributed by atoms with Gasteiger partial charge in [0.1, 0.15) is 5.52 Å². The zero-order valence-electron chi connectivity index (χ0n) is 10.8. The Morgan fingerprint density at radius 1 is 1.11 bits per heavy atom. The van der Waals surface area contributed by atoms with Crippen LogP contribution < -0.4 is 5.73 Å². The van der Waals surface area contributed by atoms with Crippen LogP contribution >= 0.6 is 0 Å². The van der Waals surface area contributed by atoms with Gasteiger partial charge in [-0.25, -0.2) is 4.68 Å². The highest BCUT2D eigenvalue weighted by atomic mass is 15.4. The van der Waals surface area contributed by atoms with E-state index in [1.807, 2.05) is 47.1 Å². The molecular formula is C15H16N4. The first-order valence-corrected chi connectivity index (χ1v) is 6.46. The molecular weight excluding hydrogens is 236 g/mol. The van der Waals surface area contributed by atoms with Crippen LogP contribution in [0.3, 0.4) is 0 Å². The molecule has 19 heavy (non-hydrogen) atoms. The maximum atomic E-state index is 6.18. The van der Waals surface area contributed by atoms with Gasteiger partial charge in [0.25, 0.3) is 0 Å². The van der Waals surface area contributed by atoms with Crippen LogP contribution in [0.5, 0.6) is 0 Å². The fraction of sp³-hybridized carbons (Fsp3) is 0.200. The van der Waals surface area contributed by atoms with Crippen molar-refractivity contribution in [2.24, 2.45) is 5.73 Å². The summed E-state index contributed by atoms with van der Waals surface area (Å²) in [6, 6.07) is 16.0. The SMILES string of the molecule is CC[C@H](N)c1ccccc1-n1nnc2ccccc21. The van der Waals surface area contributed by atoms with E-state index in [0.717, 1.165) is 28.7 Å². The van der Waals surface area contributed by atoms with E-state index in [1.165, 1.54) is 0 Å². The van der Waals surface area contributed by atoms with Crippen LogP contribution in [0.1, 0.15) is 24.9 Å². The van der Waals surface area contributed by atoms with Crippen molar-refractivity contribution in [3.05, 3.63) is 54.1 Å². The lowest BCUT2D eigenvalue weighted by Gasteiger charge is -2.14. The molecule has 2 N–H and O–H groups in total. The summed E-state index contributed by atoms with van der Waals surface area (Å²) in [4.78, 5) is 0. The summed E-state index contributed by atoms with van der Waals surface area (Å²) in [5.74, 6) is 0. The summed E-state index contributed by atoms with van der Waals surface area (Å²) in [6.07, 6.45) is 0.893. The molecule has 0 aliphatic rings. The number of benzene rings is 2. The van der Waals surface area contributed by atoms with Crippen LogP contribution in [0.4, 0.5) is 0 Å². The Labute approximate surface area is 111 Å². The zero-order valence-corrected chi connectivity index (χ0v) is 10.8. The summed E-state index contributed by atoms with van der Waals surface area (Å²) in [7, 11) is 0. The molecule has 4 heteroatoms. The van der Waals surface area contributed by atoms with Crippen molar-refractivity contribution >= 4 is 11.0 Å². The van der Waals surface area contributed by atoms with Gasteiger partial charge in [-0.15, -0.1) is 5.10 Å². The lowest BCUT2D eigenvalue weighted by atomic mass is 10.0. The van der Waals surface area contributed by atoms with E-state index < -0.39 is 0 Å². The summed E-state index contributed by atoms with van der Waals surface area (Å²) < 4.78 is 1.86. The first kappa shape index (κ1) is 11.9. The van der Waals surface area contributed by atoms with E-state index in [4.69, 9.17) is 5.73 Å². The van der Waals surface area contributed by atoms with E-state index in [1.54, 1.807) is 0 Å². The first-order valence-electron chi connectivity index (χ1n) is 6.46. The average Bonchev–Trinajstić information content (AvgIpc) is 2.90. The molecule has 3 aromatic rings. The number of fused-ring (bicyclic) bond motifs is 1. The number of nitrogens with zero attached hydrogens (tertiary/aromatic N) is 3. The molecule has 0 bridgehead atoms. The Morgan fingerprint density at radius 3 is 2.68 bits per heavy atom. The number of aromatic nitrogens is 3. The summed E-state index contributed by atoms with van der Waals surface area (Å²) in [5, 5.41) is 8.45. The third kappa shape index (κ3) is 2.00. The van der Waals surface area contributed by atoms with Crippen LogP contribution in [0, 0.1) is 0 Å². The van der Waals surface area contributed by atoms with Gasteiger partial charge in [0, 0.05) is 6.04 Å². The summed E-state index contributed by atoms with van der Waals surface area (Å²) >= 11 is 0. The Kier molecular flexibility index (Phi) is 3.01. The first-order chi connectivity index (χ1) is 9.31. The second kappa shape index (κ2) is 4.82. The van der Waals surface area contributed by atoms with Crippen LogP contribution in [0.25, 0.3) is 16.7 Å². The maximum absolute atomic E-state index is 6.18. The van der Waals surface area contributed by atoms with E-state index in [9.17, 15) is 0 Å². The molecule has 0 amide bonds. The smallest absolute Gasteiger partial charge is 0.113 e. The van der Waals surface area contributed by atoms with Crippen molar-refractivity contribution in [2.45, 2.75) is 19.4 Å². The van der Waals surface area contributed by atoms with Gasteiger partial charge >= 0.3 is 0 Å². The van der Waals surface area contributed by atoms with Gasteiger partial charge in [-0.2, -0.15) is 0 Å². The van der Waals surface area contributed by atoms with Gasteiger partial charge in [0.15, 0.2) is 0 Å². The number of para-hydroxylation sites is 2. The van der Waals surface area contributed by atoms with Gasteiger partial charge in [0.2, 0.25) is 0 Å². The van der Waals surface area contributed by atoms with Crippen molar-refractivity contribution in [1.82, 2.24) is 15.0 Å². The fourth-order valence-corrected chi connectivity index (χ4v) is 2.26. The van der Waals surface area contributed by atoms with Crippen molar-refractivity contribution in [3.63, 3.8) is 0 Å². The van der Waals surface area contributed by atoms with Crippen molar-refractivity contribution in [2.75, 3.05) is 0 Å². The summed E-state index contributed by atoms with van der Waals surface area (Å²) in [5.41, 5.74) is 10.2. The minimum Gasteiger partial charge on any atom is -0.324 e. The monoisotopic (exact) mass is 252 g/mol. The van der Waals surface area contributed by atoms with E-state index in [2.05, 4.69) is 23.3 Å². The molecule has 0 aliphatic carbocycles. The van der Waals surface area contributed by atoms with Gasteiger partial charge in [-0.1, -0.05) is 42.5 Å². The molecule has 1 aromatic heterocycles. The minimum absolute atomic E-state index is 0.0131. The lowest BCUT2D eigenvalue weighted by Crippen LogP contribution is -2.12. The van der Waals surface area contributed by atoms with E-state index in [-0.39, 0.29) is 6.04 Å². The Hall–Kier alpha value is -2.20. The van der Waals surface area contributed by atoms with Crippen molar-refractivity contribution < 1.29 is 0 Å². The topological polar surface area (TPSA) is 56.7 Å². The predicted molar refractivity (Wildman–Crippen MR) is 76.1 cm³/mol. The third-order valence-electron chi connectivity index (χ3n) is 3.36. The maximum Gasteiger partial charge on any atom is 0.113 e. The Balaban J connectivity index is 2.22. The number of hydrogen-bond acceptors (Lipinski definition) is 3. The molecule has 3 rings (SSSR count). The largest absolute Gasteiger partial charge is 0.324 e. The molecule has 0 aliphatic heterocycles. The highest BCUT2D eigenvalue weighted by Gasteiger charge is 2.13. The van der Waals surface area contributed by atoms with E-state index >= 15 is 0 Å². The number of nitrogens with two attached hydrogens (primary N) is 1. The Bertz CT molecular complexity index is 702. The molecule has 0 unspecified atom stereocenters. The summed E-state index contributed by atoms with van der Waals surface area (Å²) in [6.45, 7) is 2.08. The number of hydrogen-bond donors (Lipinski definition) is 1. The molecule has 96 valence electrons. The van der Waals surface area contributed by atoms with Gasteiger partial charge in [-0.05, 0) is 30.2 Å². The van der Waals surface area contributed by atoms with Gasteiger partial charge in [0.05, 0.1) is 11.2 Å². The second-order valence-corrected chi connectivity index (χ2v) is 4.56. The van der Waals surface area contributed by atoms with Crippen LogP contribution in [-0.4, -0.2) is 15.0 Å². The molecule has 0 saturated heterocycles. The molecule has 0 radical (unpaired) electrons. The molecule has 0 saturated carbocycles. The van der Waals surface area contributed by atoms with Crippen LogP contribution in [0.2, 0.25) is 0 Å². The highest BCUT2D eigenvalue weighted by Crippen LogP contribution is 2.24. The van der Waals surface area contributed by atoms with Crippen LogP contribution in [-0.2, 0) is 0 Å². The molecule has 4 nitrogen and oxygen atoms in total. The quantitative estimate of drug-likeness (QED) is 0.779. The molecule has 1 heterocycles. The minimum atomic E-state index is 0.0131. The van der Waals surface area contributed by atoms with Gasteiger partial charge in [-0.3, -0.25) is 0 Å². The molecule has 0 fully saturated rings. The number of rotatable bonds is 3. The highest BCUT2D eigenvalue weighted by molar-refractivity contribution is 5.76. The van der Waals surface area contributed by atoms with E-state index in [0.29, 0.717) is 0 Å². The van der Waals surface area contributed by atoms with Crippen LogP contribution in [0.15, 0.2) is 48.5 Å². The predicted octanol–water partition coefficient (Wildman–Crippen LogP) is 2.83. The van der Waals surface area contributed by atoms with Crippen molar-refractivity contribution in [1.29, 1.82) is 0 Å². The fourth-order valence-electron chi connectivity index (χ4n) is 2.26. The second-order valence-electron chi connectivity index (χ2n) is 4.56. The normalized spacial score (nSPS) is 12.7. The third-order valence-corrected chi connectivity index (χ3v) is 3.36. The van der Waals surface area contributed by atoms with Crippen molar-refractivity contribution in [3.8, 4) is 5.69 Å². The van der Waals surface area contributed by atoms with Gasteiger partial charge < -0.3 is 5.73 Å². The standard InChI is InChI=1S/C15H16N4/c1-2-12(16)11-7-3-5-9-14(11)19-15-10-6-4-8-13(15)17-18-19/h3-10,12H,2,16H2,1H3/t12-/m0/s1. The lowest BCUT2D eigenvalue weighted by molar-refractivity contribution is 0.684. The zero-order chi connectivity index (χ0) is 13.2. The Morgan fingerprint density at radius 2 is 1.84 bits per heavy atom.